The van der Waals surface area contributed by atoms with E-state index in [2.05, 4.69) is 6.07 Å². The number of likely N-dealkylation sites (N-methyl/N-ethyl adjacent to an activating group) is 1. The molecule has 2 aromatic carbocycles. The van der Waals surface area contributed by atoms with Crippen molar-refractivity contribution in [2.45, 2.75) is 20.8 Å². The molecule has 0 aliphatic rings. The molecular weight excluding hydrogens is 330 g/mol. The van der Waals surface area contributed by atoms with Crippen LogP contribution < -0.4 is 14.2 Å². The number of benzene rings is 2. The van der Waals surface area contributed by atoms with Crippen LogP contribution in [0.3, 0.4) is 0 Å². The fourth-order valence-electron chi connectivity index (χ4n) is 2.79. The molecule has 0 saturated carbocycles. The number of ether oxygens (including phenoxy) is 3. The number of carbonyl (C=O) groups excluding carboxylic acids is 1. The molecule has 140 valence electrons. The lowest BCUT2D eigenvalue weighted by molar-refractivity contribution is -0.132. The fraction of sp³-hybridized carbons (Fsp3) is 0.381. The van der Waals surface area contributed by atoms with Gasteiger partial charge in [0.25, 0.3) is 5.91 Å². The van der Waals surface area contributed by atoms with Crippen LogP contribution in [-0.4, -0.2) is 44.7 Å². The van der Waals surface area contributed by atoms with E-state index in [1.165, 1.54) is 0 Å². The zero-order chi connectivity index (χ0) is 19.1. The van der Waals surface area contributed by atoms with Crippen LogP contribution in [0.15, 0.2) is 36.4 Å². The second-order valence-corrected chi connectivity index (χ2v) is 5.96. The van der Waals surface area contributed by atoms with E-state index in [1.807, 2.05) is 45.0 Å². The number of carbonyl (C=O) groups is 1. The Hall–Kier alpha value is -2.69. The molecule has 0 unspecified atom stereocenters. The minimum Gasteiger partial charge on any atom is -0.497 e. The van der Waals surface area contributed by atoms with Gasteiger partial charge in [-0.05, 0) is 50.6 Å². The molecule has 5 heteroatoms. The molecule has 1 amide bonds. The van der Waals surface area contributed by atoms with Crippen LogP contribution in [0.25, 0.3) is 11.1 Å². The third-order valence-electron chi connectivity index (χ3n) is 4.26. The maximum Gasteiger partial charge on any atom is 0.260 e. The number of rotatable bonds is 8. The molecule has 0 aromatic heterocycles. The summed E-state index contributed by atoms with van der Waals surface area (Å²) in [4.78, 5) is 13.9. The van der Waals surface area contributed by atoms with Crippen molar-refractivity contribution >= 4 is 5.91 Å². The third-order valence-corrected chi connectivity index (χ3v) is 4.26. The van der Waals surface area contributed by atoms with Crippen LogP contribution in [0.1, 0.15) is 19.4 Å². The van der Waals surface area contributed by atoms with E-state index in [1.54, 1.807) is 25.2 Å². The summed E-state index contributed by atoms with van der Waals surface area (Å²) in [6.07, 6.45) is 0. The van der Waals surface area contributed by atoms with Gasteiger partial charge in [0, 0.05) is 24.7 Å². The second-order valence-electron chi connectivity index (χ2n) is 5.96. The first kappa shape index (κ1) is 19.6. The van der Waals surface area contributed by atoms with Gasteiger partial charge in [0.15, 0.2) is 6.61 Å². The molecule has 2 aromatic rings. The van der Waals surface area contributed by atoms with Crippen molar-refractivity contribution in [3.63, 3.8) is 0 Å². The van der Waals surface area contributed by atoms with Crippen LogP contribution >= 0.6 is 0 Å². The van der Waals surface area contributed by atoms with Crippen molar-refractivity contribution in [3.05, 3.63) is 42.0 Å². The van der Waals surface area contributed by atoms with Gasteiger partial charge in [0.2, 0.25) is 0 Å². The average Bonchev–Trinajstić information content (AvgIpc) is 2.67. The Labute approximate surface area is 155 Å². The maximum atomic E-state index is 12.2. The molecule has 0 N–H and O–H groups in total. The molecule has 0 atom stereocenters. The molecule has 0 aliphatic heterocycles. The number of nitrogens with zero attached hydrogens (tertiary/aromatic N) is 1. The van der Waals surface area contributed by atoms with Gasteiger partial charge in [-0.15, -0.1) is 0 Å². The molecule has 0 spiro atoms. The lowest BCUT2D eigenvalue weighted by atomic mass is 10.0. The minimum atomic E-state index is -0.0347. The maximum absolute atomic E-state index is 12.2. The van der Waals surface area contributed by atoms with Crippen LogP contribution in [0.5, 0.6) is 17.2 Å². The smallest absolute Gasteiger partial charge is 0.260 e. The first-order chi connectivity index (χ1) is 12.5. The summed E-state index contributed by atoms with van der Waals surface area (Å²) < 4.78 is 16.6. The van der Waals surface area contributed by atoms with Crippen molar-refractivity contribution < 1.29 is 19.0 Å². The van der Waals surface area contributed by atoms with Gasteiger partial charge in [-0.1, -0.05) is 11.6 Å². The summed E-state index contributed by atoms with van der Waals surface area (Å²) in [5.74, 6) is 1.99. The predicted molar refractivity (Wildman–Crippen MR) is 103 cm³/mol. The standard InChI is InChI=1S/C21H27NO4/c1-6-22(7-2)21(23)14-26-18-12-16(11-17(13-18)24-4)19-10-15(3)8-9-20(19)25-5/h8-13H,6-7,14H2,1-5H3. The van der Waals surface area contributed by atoms with Crippen molar-refractivity contribution in [1.29, 1.82) is 0 Å². The highest BCUT2D eigenvalue weighted by Crippen LogP contribution is 2.35. The normalized spacial score (nSPS) is 10.3. The Morgan fingerprint density at radius 1 is 0.962 bits per heavy atom. The van der Waals surface area contributed by atoms with Gasteiger partial charge in [0.05, 0.1) is 14.2 Å². The third kappa shape index (κ3) is 4.69. The van der Waals surface area contributed by atoms with E-state index in [0.29, 0.717) is 24.6 Å². The summed E-state index contributed by atoms with van der Waals surface area (Å²) >= 11 is 0. The molecular formula is C21H27NO4. The predicted octanol–water partition coefficient (Wildman–Crippen LogP) is 3.93. The summed E-state index contributed by atoms with van der Waals surface area (Å²) in [5.41, 5.74) is 2.99. The topological polar surface area (TPSA) is 48.0 Å². The van der Waals surface area contributed by atoms with E-state index >= 15 is 0 Å². The van der Waals surface area contributed by atoms with E-state index in [4.69, 9.17) is 14.2 Å². The van der Waals surface area contributed by atoms with Crippen molar-refractivity contribution in [3.8, 4) is 28.4 Å². The summed E-state index contributed by atoms with van der Waals surface area (Å²) in [7, 11) is 3.26. The van der Waals surface area contributed by atoms with Crippen molar-refractivity contribution in [2.24, 2.45) is 0 Å². The molecule has 0 fully saturated rings. The Balaban J connectivity index is 2.32. The summed E-state index contributed by atoms with van der Waals surface area (Å²) in [6.45, 7) is 7.28. The molecule has 5 nitrogen and oxygen atoms in total. The molecule has 0 bridgehead atoms. The molecule has 2 rings (SSSR count). The Kier molecular flexibility index (Phi) is 6.89. The minimum absolute atomic E-state index is 0.000754. The number of methoxy groups -OCH3 is 2. The Morgan fingerprint density at radius 2 is 1.65 bits per heavy atom. The SMILES string of the molecule is CCN(CC)C(=O)COc1cc(OC)cc(-c2cc(C)ccc2OC)c1. The van der Waals surface area contributed by atoms with E-state index in [9.17, 15) is 4.79 Å². The first-order valence-corrected chi connectivity index (χ1v) is 8.77. The first-order valence-electron chi connectivity index (χ1n) is 8.77. The monoisotopic (exact) mass is 357 g/mol. The van der Waals surface area contributed by atoms with Gasteiger partial charge in [0.1, 0.15) is 17.2 Å². The van der Waals surface area contributed by atoms with Gasteiger partial charge >= 0.3 is 0 Å². The van der Waals surface area contributed by atoms with Gasteiger partial charge in [-0.25, -0.2) is 0 Å². The van der Waals surface area contributed by atoms with E-state index in [0.717, 1.165) is 22.4 Å². The Morgan fingerprint density at radius 3 is 2.27 bits per heavy atom. The zero-order valence-corrected chi connectivity index (χ0v) is 16.2. The second kappa shape index (κ2) is 9.13. The van der Waals surface area contributed by atoms with Crippen LogP contribution in [0, 0.1) is 6.92 Å². The molecule has 26 heavy (non-hydrogen) atoms. The molecule has 0 heterocycles. The van der Waals surface area contributed by atoms with Gasteiger partial charge in [-0.2, -0.15) is 0 Å². The summed E-state index contributed by atoms with van der Waals surface area (Å²) in [6, 6.07) is 11.6. The highest BCUT2D eigenvalue weighted by Gasteiger charge is 2.13. The molecule has 0 radical (unpaired) electrons. The number of amides is 1. The quantitative estimate of drug-likeness (QED) is 0.718. The highest BCUT2D eigenvalue weighted by atomic mass is 16.5. The fourth-order valence-corrected chi connectivity index (χ4v) is 2.79. The number of aryl methyl sites for hydroxylation is 1. The molecule has 0 aliphatic carbocycles. The van der Waals surface area contributed by atoms with Crippen LogP contribution in [0.2, 0.25) is 0 Å². The number of hydrogen-bond acceptors (Lipinski definition) is 4. The summed E-state index contributed by atoms with van der Waals surface area (Å²) in [5, 5.41) is 0. The van der Waals surface area contributed by atoms with E-state index < -0.39 is 0 Å². The Bertz CT molecular complexity index is 754. The van der Waals surface area contributed by atoms with Gasteiger partial charge < -0.3 is 19.1 Å². The van der Waals surface area contributed by atoms with Gasteiger partial charge in [-0.3, -0.25) is 4.79 Å². The molecule has 0 saturated heterocycles. The number of hydrogen-bond donors (Lipinski definition) is 0. The highest BCUT2D eigenvalue weighted by molar-refractivity contribution is 5.78. The van der Waals surface area contributed by atoms with E-state index in [-0.39, 0.29) is 12.5 Å². The van der Waals surface area contributed by atoms with Crippen LogP contribution in [-0.2, 0) is 4.79 Å². The van der Waals surface area contributed by atoms with Crippen molar-refractivity contribution in [2.75, 3.05) is 33.9 Å². The zero-order valence-electron chi connectivity index (χ0n) is 16.2. The largest absolute Gasteiger partial charge is 0.497 e. The van der Waals surface area contributed by atoms with Crippen LogP contribution in [0.4, 0.5) is 0 Å². The average molecular weight is 357 g/mol. The van der Waals surface area contributed by atoms with Crippen molar-refractivity contribution in [1.82, 2.24) is 4.90 Å². The lowest BCUT2D eigenvalue weighted by Gasteiger charge is -2.19. The lowest BCUT2D eigenvalue weighted by Crippen LogP contribution is -2.34.